The third kappa shape index (κ3) is 5.19. The van der Waals surface area contributed by atoms with E-state index in [1.165, 1.54) is 25.0 Å². The Morgan fingerprint density at radius 3 is 2.79 bits per heavy atom. The molecule has 2 aromatic heterocycles. The van der Waals surface area contributed by atoms with Gasteiger partial charge in [-0.2, -0.15) is 0 Å². The number of thiophene rings is 1. The summed E-state index contributed by atoms with van der Waals surface area (Å²) in [5, 5.41) is 7.15. The summed E-state index contributed by atoms with van der Waals surface area (Å²) in [7, 11) is 0. The van der Waals surface area contributed by atoms with Crippen LogP contribution in [0.1, 0.15) is 23.3 Å². The molecule has 5 nitrogen and oxygen atoms in total. The molecule has 0 bridgehead atoms. The van der Waals surface area contributed by atoms with Crippen molar-refractivity contribution < 1.29 is 4.39 Å². The van der Waals surface area contributed by atoms with E-state index < -0.39 is 0 Å². The molecule has 4 aromatic rings. The van der Waals surface area contributed by atoms with Crippen molar-refractivity contribution in [2.75, 3.05) is 23.7 Å². The van der Waals surface area contributed by atoms with Crippen LogP contribution >= 0.6 is 22.9 Å². The maximum Gasteiger partial charge on any atom is 0.151 e. The fourth-order valence-corrected chi connectivity index (χ4v) is 4.84. The maximum absolute atomic E-state index is 13.4. The van der Waals surface area contributed by atoms with Crippen LogP contribution in [-0.4, -0.2) is 28.0 Å². The first-order valence-corrected chi connectivity index (χ1v) is 11.9. The van der Waals surface area contributed by atoms with Crippen molar-refractivity contribution in [1.29, 1.82) is 0 Å². The van der Waals surface area contributed by atoms with E-state index in [0.29, 0.717) is 11.6 Å². The number of rotatable bonds is 5. The molecule has 8 heteroatoms. The van der Waals surface area contributed by atoms with Gasteiger partial charge >= 0.3 is 0 Å². The fourth-order valence-electron chi connectivity index (χ4n) is 3.69. The average molecular weight is 478 g/mol. The van der Waals surface area contributed by atoms with E-state index >= 15 is 0 Å². The summed E-state index contributed by atoms with van der Waals surface area (Å²) in [4.78, 5) is 12.0. The normalized spacial score (nSPS) is 13.1. The molecule has 33 heavy (non-hydrogen) atoms. The van der Waals surface area contributed by atoms with Crippen LogP contribution in [0.5, 0.6) is 0 Å². The predicted octanol–water partition coefficient (Wildman–Crippen LogP) is 6.24. The zero-order chi connectivity index (χ0) is 22.6. The summed E-state index contributed by atoms with van der Waals surface area (Å²) in [6.45, 7) is 2.56. The Morgan fingerprint density at radius 1 is 1.09 bits per heavy atom. The average Bonchev–Trinajstić information content (AvgIpc) is 3.47. The molecule has 1 aliphatic heterocycles. The third-order valence-corrected chi connectivity index (χ3v) is 6.72. The number of anilines is 3. The number of likely N-dealkylation sites (tertiary alicyclic amines) is 1. The largest absolute Gasteiger partial charge is 0.380 e. The van der Waals surface area contributed by atoms with Gasteiger partial charge in [0.2, 0.25) is 0 Å². The molecule has 0 spiro atoms. The first-order chi connectivity index (χ1) is 16.1. The maximum atomic E-state index is 13.4. The van der Waals surface area contributed by atoms with E-state index in [1.54, 1.807) is 23.7 Å². The fraction of sp³-hybridized carbons (Fsp3) is 0.200. The Balaban J connectivity index is 1.31. The minimum absolute atomic E-state index is 0.255. The lowest BCUT2D eigenvalue weighted by atomic mass is 10.2. The molecular formula is C25H21ClFN5S. The van der Waals surface area contributed by atoms with Crippen molar-refractivity contribution in [3.63, 3.8) is 0 Å². The van der Waals surface area contributed by atoms with Crippen molar-refractivity contribution >= 4 is 50.3 Å². The van der Waals surface area contributed by atoms with E-state index in [9.17, 15) is 4.39 Å². The van der Waals surface area contributed by atoms with Gasteiger partial charge in [0.1, 0.15) is 12.1 Å². The third-order valence-electron chi connectivity index (χ3n) is 5.36. The van der Waals surface area contributed by atoms with E-state index in [1.807, 2.05) is 30.3 Å². The number of nitrogens with one attached hydrogen (secondary N) is 2. The van der Waals surface area contributed by atoms with Gasteiger partial charge in [-0.05, 0) is 60.7 Å². The lowest BCUT2D eigenvalue weighted by Crippen LogP contribution is -2.10. The summed E-state index contributed by atoms with van der Waals surface area (Å²) in [6.07, 6.45) is 3.97. The number of hydrogen-bond donors (Lipinski definition) is 2. The molecule has 0 radical (unpaired) electrons. The quantitative estimate of drug-likeness (QED) is 0.333. The highest BCUT2D eigenvalue weighted by Gasteiger charge is 2.11. The number of aromatic nitrogens is 2. The monoisotopic (exact) mass is 477 g/mol. The van der Waals surface area contributed by atoms with Gasteiger partial charge in [0.15, 0.2) is 5.82 Å². The number of nitrogens with zero attached hydrogens (tertiary/aromatic N) is 3. The highest BCUT2D eigenvalue weighted by molar-refractivity contribution is 7.20. The van der Waals surface area contributed by atoms with E-state index in [2.05, 4.69) is 37.5 Å². The van der Waals surface area contributed by atoms with Gasteiger partial charge in [-0.1, -0.05) is 23.7 Å². The molecule has 1 fully saturated rings. The lowest BCUT2D eigenvalue weighted by molar-refractivity contribution is 0.496. The first kappa shape index (κ1) is 21.5. The molecule has 1 saturated heterocycles. The van der Waals surface area contributed by atoms with Gasteiger partial charge in [-0.15, -0.1) is 11.3 Å². The van der Waals surface area contributed by atoms with E-state index in [0.717, 1.165) is 50.9 Å². The SMILES string of the molecule is Fc1cccc(CNc2ccc(Nc3ncnc4cc(C#CN5CCCC5)sc34)cc2Cl)c1. The van der Waals surface area contributed by atoms with Crippen LogP contribution in [0.15, 0.2) is 54.9 Å². The van der Waals surface area contributed by atoms with Crippen LogP contribution in [0.2, 0.25) is 5.02 Å². The van der Waals surface area contributed by atoms with Gasteiger partial charge in [0, 0.05) is 31.4 Å². The van der Waals surface area contributed by atoms with Gasteiger partial charge in [0.25, 0.3) is 0 Å². The summed E-state index contributed by atoms with van der Waals surface area (Å²) in [6, 6.07) is 17.4. The van der Waals surface area contributed by atoms with Crippen LogP contribution < -0.4 is 10.6 Å². The lowest BCUT2D eigenvalue weighted by Gasteiger charge is -2.11. The van der Waals surface area contributed by atoms with Gasteiger partial charge < -0.3 is 15.5 Å². The van der Waals surface area contributed by atoms with Crippen LogP contribution in [-0.2, 0) is 6.54 Å². The zero-order valence-corrected chi connectivity index (χ0v) is 19.3. The van der Waals surface area contributed by atoms with Crippen LogP contribution in [0.3, 0.4) is 0 Å². The second-order valence-corrected chi connectivity index (χ2v) is 9.24. The van der Waals surface area contributed by atoms with Crippen LogP contribution in [0.4, 0.5) is 21.6 Å². The molecule has 5 rings (SSSR count). The van der Waals surface area contributed by atoms with Gasteiger partial charge in [-0.3, -0.25) is 0 Å². The minimum Gasteiger partial charge on any atom is -0.380 e. The summed E-state index contributed by atoms with van der Waals surface area (Å²) < 4.78 is 14.3. The topological polar surface area (TPSA) is 53.1 Å². The molecule has 0 aliphatic carbocycles. The number of halogens is 2. The number of benzene rings is 2. The highest BCUT2D eigenvalue weighted by atomic mass is 35.5. The van der Waals surface area contributed by atoms with Crippen molar-refractivity contribution in [3.05, 3.63) is 76.1 Å². The zero-order valence-electron chi connectivity index (χ0n) is 17.7. The molecular weight excluding hydrogens is 457 g/mol. The molecule has 166 valence electrons. The Labute approximate surface area is 200 Å². The predicted molar refractivity (Wildman–Crippen MR) is 134 cm³/mol. The molecule has 0 saturated carbocycles. The van der Waals surface area contributed by atoms with Gasteiger partial charge in [0.05, 0.1) is 25.8 Å². The Kier molecular flexibility index (Phi) is 6.29. The molecule has 3 heterocycles. The van der Waals surface area contributed by atoms with Gasteiger partial charge in [-0.25, -0.2) is 14.4 Å². The minimum atomic E-state index is -0.255. The van der Waals surface area contributed by atoms with Crippen molar-refractivity contribution in [3.8, 4) is 12.0 Å². The Morgan fingerprint density at radius 2 is 1.97 bits per heavy atom. The van der Waals surface area contributed by atoms with E-state index in [4.69, 9.17) is 11.6 Å². The second-order valence-electron chi connectivity index (χ2n) is 7.78. The van der Waals surface area contributed by atoms with Crippen molar-refractivity contribution in [2.45, 2.75) is 19.4 Å². The Bertz CT molecular complexity index is 1350. The molecule has 2 N–H and O–H groups in total. The van der Waals surface area contributed by atoms with Crippen LogP contribution in [0.25, 0.3) is 10.2 Å². The van der Waals surface area contributed by atoms with Crippen LogP contribution in [0, 0.1) is 17.8 Å². The van der Waals surface area contributed by atoms with Crippen molar-refractivity contribution in [2.24, 2.45) is 0 Å². The number of fused-ring (bicyclic) bond motifs is 1. The highest BCUT2D eigenvalue weighted by Crippen LogP contribution is 2.32. The molecule has 0 unspecified atom stereocenters. The summed E-state index contributed by atoms with van der Waals surface area (Å²) in [5.74, 6) is 3.72. The molecule has 1 aliphatic rings. The van der Waals surface area contributed by atoms with Crippen molar-refractivity contribution in [1.82, 2.24) is 14.9 Å². The van der Waals surface area contributed by atoms with E-state index in [-0.39, 0.29) is 5.82 Å². The molecule has 0 amide bonds. The molecule has 2 aromatic carbocycles. The second kappa shape index (κ2) is 9.65. The summed E-state index contributed by atoms with van der Waals surface area (Å²) >= 11 is 8.07. The Hall–Kier alpha value is -3.34. The summed E-state index contributed by atoms with van der Waals surface area (Å²) in [5.41, 5.74) is 3.30. The number of hydrogen-bond acceptors (Lipinski definition) is 6. The molecule has 0 atom stereocenters. The first-order valence-electron chi connectivity index (χ1n) is 10.7. The standard InChI is InChI=1S/C25H21ClFN5S/c26-21-13-19(6-7-22(21)28-15-17-4-3-5-18(27)12-17)31-25-24-23(29-16-30-25)14-20(33-24)8-11-32-9-1-2-10-32/h3-7,12-14,16,28H,1-2,9-10,15H2,(H,29,30,31). The smallest absolute Gasteiger partial charge is 0.151 e.